The summed E-state index contributed by atoms with van der Waals surface area (Å²) in [5, 5.41) is 3.21. The number of anilines is 1. The SMILES string of the molecule is CCNc1nccn1CCN(C)C. The van der Waals surface area contributed by atoms with Gasteiger partial charge in [0.05, 0.1) is 0 Å². The smallest absolute Gasteiger partial charge is 0.202 e. The van der Waals surface area contributed by atoms with Gasteiger partial charge in [-0.3, -0.25) is 0 Å². The van der Waals surface area contributed by atoms with Gasteiger partial charge in [-0.15, -0.1) is 0 Å². The van der Waals surface area contributed by atoms with E-state index in [4.69, 9.17) is 0 Å². The van der Waals surface area contributed by atoms with E-state index < -0.39 is 0 Å². The number of imidazole rings is 1. The minimum atomic E-state index is 0.916. The highest BCUT2D eigenvalue weighted by atomic mass is 15.2. The molecular weight excluding hydrogens is 164 g/mol. The van der Waals surface area contributed by atoms with Crippen molar-refractivity contribution in [2.24, 2.45) is 0 Å². The van der Waals surface area contributed by atoms with Crippen molar-refractivity contribution in [1.82, 2.24) is 14.5 Å². The van der Waals surface area contributed by atoms with E-state index in [-0.39, 0.29) is 0 Å². The van der Waals surface area contributed by atoms with Crippen molar-refractivity contribution >= 4 is 5.95 Å². The largest absolute Gasteiger partial charge is 0.356 e. The zero-order chi connectivity index (χ0) is 9.68. The summed E-state index contributed by atoms with van der Waals surface area (Å²) >= 11 is 0. The van der Waals surface area contributed by atoms with Crippen molar-refractivity contribution in [3.63, 3.8) is 0 Å². The molecule has 74 valence electrons. The van der Waals surface area contributed by atoms with Crippen molar-refractivity contribution in [2.75, 3.05) is 32.5 Å². The maximum Gasteiger partial charge on any atom is 0.202 e. The predicted molar refractivity (Wildman–Crippen MR) is 54.9 cm³/mol. The average Bonchev–Trinajstić information content (AvgIpc) is 2.49. The summed E-state index contributed by atoms with van der Waals surface area (Å²) in [6.45, 7) is 5.01. The Morgan fingerprint density at radius 3 is 2.92 bits per heavy atom. The topological polar surface area (TPSA) is 33.1 Å². The lowest BCUT2D eigenvalue weighted by molar-refractivity contribution is 0.385. The lowest BCUT2D eigenvalue weighted by Gasteiger charge is -2.12. The van der Waals surface area contributed by atoms with Crippen LogP contribution in [0.3, 0.4) is 0 Å². The summed E-state index contributed by atoms with van der Waals surface area (Å²) in [6, 6.07) is 0. The first kappa shape index (κ1) is 10.1. The number of rotatable bonds is 5. The van der Waals surface area contributed by atoms with Crippen LogP contribution in [0.1, 0.15) is 6.92 Å². The molecule has 1 heterocycles. The second-order valence-corrected chi connectivity index (χ2v) is 3.28. The van der Waals surface area contributed by atoms with E-state index in [1.807, 2.05) is 12.4 Å². The van der Waals surface area contributed by atoms with Gasteiger partial charge in [-0.2, -0.15) is 0 Å². The highest BCUT2D eigenvalue weighted by Crippen LogP contribution is 2.03. The van der Waals surface area contributed by atoms with Crippen molar-refractivity contribution in [3.05, 3.63) is 12.4 Å². The standard InChI is InChI=1S/C9H18N4/c1-4-10-9-11-5-6-13(9)8-7-12(2)3/h5-6H,4,7-8H2,1-3H3,(H,10,11). The van der Waals surface area contributed by atoms with Gasteiger partial charge in [-0.05, 0) is 21.0 Å². The van der Waals surface area contributed by atoms with Crippen LogP contribution in [0.25, 0.3) is 0 Å². The first-order valence-electron chi connectivity index (χ1n) is 4.63. The van der Waals surface area contributed by atoms with Gasteiger partial charge in [-0.1, -0.05) is 0 Å². The summed E-state index contributed by atoms with van der Waals surface area (Å²) in [7, 11) is 4.15. The Balaban J connectivity index is 2.49. The Hall–Kier alpha value is -1.03. The highest BCUT2D eigenvalue weighted by molar-refractivity contribution is 5.25. The molecule has 0 amide bonds. The molecule has 0 saturated heterocycles. The number of hydrogen-bond donors (Lipinski definition) is 1. The Labute approximate surface area is 79.6 Å². The second kappa shape index (κ2) is 4.87. The molecule has 0 spiro atoms. The van der Waals surface area contributed by atoms with Crippen LogP contribution in [0.4, 0.5) is 5.95 Å². The Morgan fingerprint density at radius 1 is 1.54 bits per heavy atom. The molecule has 1 aromatic rings. The molecule has 1 rings (SSSR count). The molecule has 0 aliphatic carbocycles. The van der Waals surface area contributed by atoms with Crippen molar-refractivity contribution in [2.45, 2.75) is 13.5 Å². The third-order valence-corrected chi connectivity index (χ3v) is 1.84. The summed E-state index contributed by atoms with van der Waals surface area (Å²) < 4.78 is 2.13. The number of nitrogens with zero attached hydrogens (tertiary/aromatic N) is 3. The van der Waals surface area contributed by atoms with Gasteiger partial charge in [0.15, 0.2) is 0 Å². The average molecular weight is 182 g/mol. The number of hydrogen-bond acceptors (Lipinski definition) is 3. The van der Waals surface area contributed by atoms with Crippen molar-refractivity contribution in [1.29, 1.82) is 0 Å². The summed E-state index contributed by atoms with van der Waals surface area (Å²) in [5.74, 6) is 0.962. The third kappa shape index (κ3) is 3.06. The van der Waals surface area contributed by atoms with E-state index in [0.29, 0.717) is 0 Å². The molecule has 4 heteroatoms. The number of nitrogens with one attached hydrogen (secondary N) is 1. The van der Waals surface area contributed by atoms with Gasteiger partial charge in [0.25, 0.3) is 0 Å². The highest BCUT2D eigenvalue weighted by Gasteiger charge is 2.00. The molecule has 0 atom stereocenters. The first-order valence-corrected chi connectivity index (χ1v) is 4.63. The number of likely N-dealkylation sites (N-methyl/N-ethyl adjacent to an activating group) is 1. The van der Waals surface area contributed by atoms with Crippen molar-refractivity contribution in [3.8, 4) is 0 Å². The van der Waals surface area contributed by atoms with Crippen LogP contribution in [-0.4, -0.2) is 41.6 Å². The van der Waals surface area contributed by atoms with Crippen molar-refractivity contribution < 1.29 is 0 Å². The fourth-order valence-corrected chi connectivity index (χ4v) is 1.12. The monoisotopic (exact) mass is 182 g/mol. The predicted octanol–water partition coefficient (Wildman–Crippen LogP) is 0.876. The van der Waals surface area contributed by atoms with Gasteiger partial charge in [0.2, 0.25) is 5.95 Å². The number of aromatic nitrogens is 2. The lowest BCUT2D eigenvalue weighted by Crippen LogP contribution is -2.19. The van der Waals surface area contributed by atoms with Gasteiger partial charge in [0, 0.05) is 32.0 Å². The van der Waals surface area contributed by atoms with E-state index in [0.717, 1.165) is 25.6 Å². The van der Waals surface area contributed by atoms with Crippen LogP contribution in [0.5, 0.6) is 0 Å². The van der Waals surface area contributed by atoms with Gasteiger partial charge in [-0.25, -0.2) is 4.98 Å². The van der Waals surface area contributed by atoms with Crippen LogP contribution in [0.15, 0.2) is 12.4 Å². The maximum absolute atomic E-state index is 4.22. The molecule has 0 radical (unpaired) electrons. The van der Waals surface area contributed by atoms with Gasteiger partial charge < -0.3 is 14.8 Å². The Morgan fingerprint density at radius 2 is 2.31 bits per heavy atom. The van der Waals surface area contributed by atoms with Crippen LogP contribution < -0.4 is 5.32 Å². The molecule has 13 heavy (non-hydrogen) atoms. The summed E-state index contributed by atoms with van der Waals surface area (Å²) in [6.07, 6.45) is 3.83. The fraction of sp³-hybridized carbons (Fsp3) is 0.667. The van der Waals surface area contributed by atoms with E-state index in [9.17, 15) is 0 Å². The van der Waals surface area contributed by atoms with Crippen LogP contribution >= 0.6 is 0 Å². The Kier molecular flexibility index (Phi) is 3.76. The molecule has 4 nitrogen and oxygen atoms in total. The first-order chi connectivity index (χ1) is 6.24. The molecule has 0 bridgehead atoms. The molecule has 0 unspecified atom stereocenters. The fourth-order valence-electron chi connectivity index (χ4n) is 1.12. The molecule has 0 aromatic carbocycles. The van der Waals surface area contributed by atoms with E-state index in [1.165, 1.54) is 0 Å². The van der Waals surface area contributed by atoms with Crippen LogP contribution in [0.2, 0.25) is 0 Å². The summed E-state index contributed by atoms with van der Waals surface area (Å²) in [4.78, 5) is 6.38. The minimum absolute atomic E-state index is 0.916. The van der Waals surface area contributed by atoms with E-state index in [1.54, 1.807) is 0 Å². The molecule has 1 aromatic heterocycles. The third-order valence-electron chi connectivity index (χ3n) is 1.84. The molecule has 0 fully saturated rings. The lowest BCUT2D eigenvalue weighted by atomic mass is 10.5. The van der Waals surface area contributed by atoms with E-state index in [2.05, 4.69) is 40.8 Å². The maximum atomic E-state index is 4.22. The zero-order valence-electron chi connectivity index (χ0n) is 8.62. The second-order valence-electron chi connectivity index (χ2n) is 3.28. The molecular formula is C9H18N4. The van der Waals surface area contributed by atoms with Gasteiger partial charge >= 0.3 is 0 Å². The zero-order valence-corrected chi connectivity index (χ0v) is 8.62. The van der Waals surface area contributed by atoms with Gasteiger partial charge in [0.1, 0.15) is 0 Å². The molecule has 0 aliphatic heterocycles. The van der Waals surface area contributed by atoms with E-state index >= 15 is 0 Å². The normalized spacial score (nSPS) is 10.8. The minimum Gasteiger partial charge on any atom is -0.356 e. The quantitative estimate of drug-likeness (QED) is 0.733. The molecule has 1 N–H and O–H groups in total. The van der Waals surface area contributed by atoms with Crippen LogP contribution in [-0.2, 0) is 6.54 Å². The summed E-state index contributed by atoms with van der Waals surface area (Å²) in [5.41, 5.74) is 0. The molecule has 0 aliphatic rings. The van der Waals surface area contributed by atoms with Crippen LogP contribution in [0, 0.1) is 0 Å². The molecule has 0 saturated carbocycles. The Bertz CT molecular complexity index is 242.